The van der Waals surface area contributed by atoms with Gasteiger partial charge in [0.25, 0.3) is 0 Å². The lowest BCUT2D eigenvalue weighted by molar-refractivity contribution is 0.390. The Hall–Kier alpha value is -2.07. The molecular formula is C14H12ClN3O. The highest BCUT2D eigenvalue weighted by Gasteiger charge is 2.11. The van der Waals surface area contributed by atoms with Crippen LogP contribution in [-0.4, -0.2) is 21.7 Å². The van der Waals surface area contributed by atoms with Gasteiger partial charge in [-0.05, 0) is 23.8 Å². The van der Waals surface area contributed by atoms with Gasteiger partial charge in [-0.15, -0.1) is 10.2 Å². The van der Waals surface area contributed by atoms with E-state index in [1.165, 1.54) is 0 Å². The predicted octanol–water partition coefficient (Wildman–Crippen LogP) is 2.98. The third kappa shape index (κ3) is 2.15. The van der Waals surface area contributed by atoms with Gasteiger partial charge < -0.3 is 4.74 Å². The predicted molar refractivity (Wildman–Crippen MR) is 73.8 cm³/mol. The second-order valence-electron chi connectivity index (χ2n) is 4.15. The van der Waals surface area contributed by atoms with Crippen molar-refractivity contribution in [2.24, 2.45) is 0 Å². The number of hydrogen-bond acceptors (Lipinski definition) is 3. The highest BCUT2D eigenvalue weighted by atomic mass is 35.5. The molecule has 3 aromatic rings. The summed E-state index contributed by atoms with van der Waals surface area (Å²) in [5.41, 5.74) is 1.78. The minimum absolute atomic E-state index is 0.612. The molecule has 19 heavy (non-hydrogen) atoms. The Balaban J connectivity index is 2.09. The second-order valence-corrected chi connectivity index (χ2v) is 4.55. The molecule has 5 heteroatoms. The maximum Gasteiger partial charge on any atom is 0.200 e. The van der Waals surface area contributed by atoms with Crippen LogP contribution in [0.5, 0.6) is 5.88 Å². The molecule has 0 N–H and O–H groups in total. The van der Waals surface area contributed by atoms with Gasteiger partial charge in [-0.25, -0.2) is 4.40 Å². The SMILES string of the molecule is COc1cccc2nnc(Cc3ccccc3Cl)n12. The second kappa shape index (κ2) is 4.90. The fourth-order valence-corrected chi connectivity index (χ4v) is 2.26. The van der Waals surface area contributed by atoms with E-state index in [0.29, 0.717) is 12.3 Å². The van der Waals surface area contributed by atoms with Crippen LogP contribution in [0.3, 0.4) is 0 Å². The van der Waals surface area contributed by atoms with E-state index in [1.54, 1.807) is 7.11 Å². The first-order valence-corrected chi connectivity index (χ1v) is 6.28. The standard InChI is InChI=1S/C14H12ClN3O/c1-19-14-8-4-7-12-16-17-13(18(12)14)9-10-5-2-3-6-11(10)15/h2-8H,9H2,1H3. The smallest absolute Gasteiger partial charge is 0.200 e. The van der Waals surface area contributed by atoms with Crippen molar-refractivity contribution in [3.8, 4) is 5.88 Å². The van der Waals surface area contributed by atoms with Gasteiger partial charge in [-0.2, -0.15) is 0 Å². The third-order valence-electron chi connectivity index (χ3n) is 2.98. The Bertz CT molecular complexity index is 724. The van der Waals surface area contributed by atoms with E-state index in [9.17, 15) is 0 Å². The van der Waals surface area contributed by atoms with Crippen LogP contribution in [0.2, 0.25) is 5.02 Å². The van der Waals surface area contributed by atoms with Gasteiger partial charge in [0.15, 0.2) is 5.65 Å². The lowest BCUT2D eigenvalue weighted by Gasteiger charge is -2.06. The molecule has 0 bridgehead atoms. The van der Waals surface area contributed by atoms with Crippen molar-refractivity contribution in [2.45, 2.75) is 6.42 Å². The summed E-state index contributed by atoms with van der Waals surface area (Å²) in [7, 11) is 1.63. The van der Waals surface area contributed by atoms with Crippen molar-refractivity contribution in [3.63, 3.8) is 0 Å². The average molecular weight is 274 g/mol. The Morgan fingerprint density at radius 3 is 2.74 bits per heavy atom. The number of aromatic nitrogens is 3. The van der Waals surface area contributed by atoms with E-state index in [-0.39, 0.29) is 0 Å². The molecule has 0 saturated carbocycles. The summed E-state index contributed by atoms with van der Waals surface area (Å²) in [6, 6.07) is 13.4. The van der Waals surface area contributed by atoms with E-state index in [0.717, 1.165) is 22.1 Å². The molecule has 0 aliphatic rings. The highest BCUT2D eigenvalue weighted by Crippen LogP contribution is 2.21. The first-order chi connectivity index (χ1) is 9.29. The largest absolute Gasteiger partial charge is 0.482 e. The maximum absolute atomic E-state index is 6.18. The number of benzene rings is 1. The van der Waals surface area contributed by atoms with Crippen molar-refractivity contribution < 1.29 is 4.74 Å². The number of hydrogen-bond donors (Lipinski definition) is 0. The summed E-state index contributed by atoms with van der Waals surface area (Å²) in [5, 5.41) is 9.09. The number of rotatable bonds is 3. The Morgan fingerprint density at radius 2 is 1.95 bits per heavy atom. The number of halogens is 1. The van der Waals surface area contributed by atoms with Crippen molar-refractivity contribution in [1.82, 2.24) is 14.6 Å². The van der Waals surface area contributed by atoms with E-state index in [4.69, 9.17) is 16.3 Å². The molecule has 0 spiro atoms. The fourth-order valence-electron chi connectivity index (χ4n) is 2.06. The molecule has 1 aromatic carbocycles. The number of methoxy groups -OCH3 is 1. The molecule has 2 aromatic heterocycles. The summed E-state index contributed by atoms with van der Waals surface area (Å²) in [4.78, 5) is 0. The molecule has 0 aliphatic heterocycles. The zero-order valence-electron chi connectivity index (χ0n) is 10.4. The monoisotopic (exact) mass is 273 g/mol. The van der Waals surface area contributed by atoms with Crippen molar-refractivity contribution in [2.75, 3.05) is 7.11 Å². The molecule has 96 valence electrons. The third-order valence-corrected chi connectivity index (χ3v) is 3.34. The fraction of sp³-hybridized carbons (Fsp3) is 0.143. The van der Waals surface area contributed by atoms with Crippen LogP contribution in [0.25, 0.3) is 5.65 Å². The molecule has 3 rings (SSSR count). The molecule has 0 fully saturated rings. The van der Waals surface area contributed by atoms with E-state index in [2.05, 4.69) is 10.2 Å². The van der Waals surface area contributed by atoms with Gasteiger partial charge in [0, 0.05) is 11.4 Å². The van der Waals surface area contributed by atoms with Gasteiger partial charge in [-0.3, -0.25) is 0 Å². The first kappa shape index (κ1) is 12.0. The van der Waals surface area contributed by atoms with Crippen LogP contribution in [0.15, 0.2) is 42.5 Å². The Kier molecular flexibility index (Phi) is 3.09. The van der Waals surface area contributed by atoms with Crippen LogP contribution in [0.4, 0.5) is 0 Å². The summed E-state index contributed by atoms with van der Waals surface area (Å²) in [5.74, 6) is 1.52. The number of ether oxygens (including phenoxy) is 1. The van der Waals surface area contributed by atoms with E-state index < -0.39 is 0 Å². The highest BCUT2D eigenvalue weighted by molar-refractivity contribution is 6.31. The summed E-state index contributed by atoms with van der Waals surface area (Å²) in [6.07, 6.45) is 0.612. The van der Waals surface area contributed by atoms with Crippen LogP contribution < -0.4 is 4.74 Å². The first-order valence-electron chi connectivity index (χ1n) is 5.90. The molecule has 0 unspecified atom stereocenters. The van der Waals surface area contributed by atoms with Gasteiger partial charge >= 0.3 is 0 Å². The van der Waals surface area contributed by atoms with Crippen LogP contribution >= 0.6 is 11.6 Å². The van der Waals surface area contributed by atoms with Gasteiger partial charge in [0.1, 0.15) is 5.82 Å². The minimum atomic E-state index is 0.612. The van der Waals surface area contributed by atoms with Crippen LogP contribution in [-0.2, 0) is 6.42 Å². The minimum Gasteiger partial charge on any atom is -0.482 e. The molecule has 2 heterocycles. The van der Waals surface area contributed by atoms with Crippen LogP contribution in [0.1, 0.15) is 11.4 Å². The van der Waals surface area contributed by atoms with Gasteiger partial charge in [-0.1, -0.05) is 35.9 Å². The quantitative estimate of drug-likeness (QED) is 0.736. The van der Waals surface area contributed by atoms with Crippen molar-refractivity contribution in [1.29, 1.82) is 0 Å². The summed E-state index contributed by atoms with van der Waals surface area (Å²) < 4.78 is 7.24. The van der Waals surface area contributed by atoms with Gasteiger partial charge in [0.05, 0.1) is 7.11 Å². The zero-order valence-corrected chi connectivity index (χ0v) is 11.1. The molecule has 0 amide bonds. The van der Waals surface area contributed by atoms with E-state index >= 15 is 0 Å². The molecular weight excluding hydrogens is 262 g/mol. The summed E-state index contributed by atoms with van der Waals surface area (Å²) >= 11 is 6.18. The number of nitrogens with zero attached hydrogens (tertiary/aromatic N) is 3. The number of pyridine rings is 1. The molecule has 0 aliphatic carbocycles. The van der Waals surface area contributed by atoms with Crippen molar-refractivity contribution >= 4 is 17.2 Å². The summed E-state index contributed by atoms with van der Waals surface area (Å²) in [6.45, 7) is 0. The van der Waals surface area contributed by atoms with Crippen molar-refractivity contribution in [3.05, 3.63) is 58.9 Å². The zero-order chi connectivity index (χ0) is 13.2. The average Bonchev–Trinajstić information content (AvgIpc) is 2.85. The molecule has 4 nitrogen and oxygen atoms in total. The molecule has 0 saturated heterocycles. The van der Waals surface area contributed by atoms with Gasteiger partial charge in [0.2, 0.25) is 5.88 Å². The lowest BCUT2D eigenvalue weighted by Crippen LogP contribution is -2.00. The molecule has 0 radical (unpaired) electrons. The maximum atomic E-state index is 6.18. The molecule has 0 atom stereocenters. The topological polar surface area (TPSA) is 39.4 Å². The normalized spacial score (nSPS) is 10.8. The Morgan fingerprint density at radius 1 is 1.11 bits per heavy atom. The Labute approximate surface area is 115 Å². The van der Waals surface area contributed by atoms with E-state index in [1.807, 2.05) is 46.9 Å². The number of fused-ring (bicyclic) bond motifs is 1. The van der Waals surface area contributed by atoms with Crippen LogP contribution in [0, 0.1) is 0 Å². The lowest BCUT2D eigenvalue weighted by atomic mass is 10.1.